The summed E-state index contributed by atoms with van der Waals surface area (Å²) in [5.74, 6) is 0.903. The number of fused-ring (bicyclic) bond motifs is 1. The van der Waals surface area contributed by atoms with Gasteiger partial charge in [-0.15, -0.1) is 0 Å². The van der Waals surface area contributed by atoms with Gasteiger partial charge in [-0.2, -0.15) is 0 Å². The minimum atomic E-state index is -0.180. The molecule has 0 fully saturated rings. The Kier molecular flexibility index (Phi) is 5.81. The van der Waals surface area contributed by atoms with Gasteiger partial charge in [-0.25, -0.2) is 0 Å². The van der Waals surface area contributed by atoms with Crippen molar-refractivity contribution in [3.63, 3.8) is 0 Å². The zero-order valence-corrected chi connectivity index (χ0v) is 16.0. The van der Waals surface area contributed by atoms with Crippen LogP contribution in [-0.2, 0) is 6.54 Å². The quantitative estimate of drug-likeness (QED) is 0.683. The van der Waals surface area contributed by atoms with E-state index in [1.165, 1.54) is 0 Å². The van der Waals surface area contributed by atoms with Gasteiger partial charge in [0.2, 0.25) is 0 Å². The highest BCUT2D eigenvalue weighted by Gasteiger charge is 2.24. The predicted octanol–water partition coefficient (Wildman–Crippen LogP) is 4.08. The number of carbonyl (C=O) groups is 1. The molecule has 0 atom stereocenters. The molecule has 5 nitrogen and oxygen atoms in total. The van der Waals surface area contributed by atoms with E-state index in [9.17, 15) is 9.90 Å². The molecule has 0 bridgehead atoms. The number of hydrogen-bond acceptors (Lipinski definition) is 4. The highest BCUT2D eigenvalue weighted by Crippen LogP contribution is 2.28. The van der Waals surface area contributed by atoms with Crippen LogP contribution in [0.25, 0.3) is 11.0 Å². The van der Waals surface area contributed by atoms with E-state index in [2.05, 4.69) is 0 Å². The number of ether oxygens (including phenoxy) is 1. The summed E-state index contributed by atoms with van der Waals surface area (Å²) in [5, 5.41) is 10.2. The van der Waals surface area contributed by atoms with Gasteiger partial charge in [0.05, 0.1) is 7.11 Å². The molecule has 1 amide bonds. The van der Waals surface area contributed by atoms with Gasteiger partial charge < -0.3 is 19.2 Å². The van der Waals surface area contributed by atoms with Crippen molar-refractivity contribution in [3.05, 3.63) is 64.9 Å². The summed E-state index contributed by atoms with van der Waals surface area (Å²) in [6, 6.07) is 13.6. The number of amides is 1. The number of hydrogen-bond donors (Lipinski definition) is 1. The molecule has 27 heavy (non-hydrogen) atoms. The fourth-order valence-electron chi connectivity index (χ4n) is 3.23. The number of furan rings is 1. The molecule has 1 heterocycles. The second kappa shape index (κ2) is 8.27. The van der Waals surface area contributed by atoms with Crippen LogP contribution in [0.5, 0.6) is 5.75 Å². The lowest BCUT2D eigenvalue weighted by Gasteiger charge is -2.23. The van der Waals surface area contributed by atoms with Gasteiger partial charge in [-0.1, -0.05) is 30.3 Å². The van der Waals surface area contributed by atoms with Gasteiger partial charge in [0.25, 0.3) is 5.91 Å². The Bertz CT molecular complexity index is 945. The van der Waals surface area contributed by atoms with E-state index in [0.29, 0.717) is 25.3 Å². The second-order valence-electron chi connectivity index (χ2n) is 6.67. The van der Waals surface area contributed by atoms with Crippen LogP contribution < -0.4 is 4.74 Å². The average molecular weight is 367 g/mol. The molecular formula is C22H25NO4. The molecule has 0 saturated carbocycles. The van der Waals surface area contributed by atoms with E-state index in [1.807, 2.05) is 56.3 Å². The van der Waals surface area contributed by atoms with Crippen molar-refractivity contribution in [1.82, 2.24) is 4.90 Å². The number of aliphatic hydroxyl groups is 1. The van der Waals surface area contributed by atoms with Crippen molar-refractivity contribution in [3.8, 4) is 5.75 Å². The number of nitrogens with zero attached hydrogens (tertiary/aromatic N) is 1. The molecule has 0 aliphatic heterocycles. The number of para-hydroxylation sites is 1. The predicted molar refractivity (Wildman–Crippen MR) is 105 cm³/mol. The molecule has 5 heteroatoms. The average Bonchev–Trinajstić information content (AvgIpc) is 3.00. The molecule has 0 aliphatic rings. The van der Waals surface area contributed by atoms with E-state index in [0.717, 1.165) is 33.4 Å². The summed E-state index contributed by atoms with van der Waals surface area (Å²) >= 11 is 0. The molecule has 0 saturated heterocycles. The largest absolute Gasteiger partial charge is 0.496 e. The molecule has 3 aromatic rings. The van der Waals surface area contributed by atoms with E-state index < -0.39 is 0 Å². The Balaban J connectivity index is 1.95. The molecule has 0 unspecified atom stereocenters. The summed E-state index contributed by atoms with van der Waals surface area (Å²) < 4.78 is 11.3. The molecule has 1 N–H and O–H groups in total. The fourth-order valence-corrected chi connectivity index (χ4v) is 3.23. The summed E-state index contributed by atoms with van der Waals surface area (Å²) in [6.45, 7) is 4.74. The molecule has 1 aromatic heterocycles. The van der Waals surface area contributed by atoms with Gasteiger partial charge in [0, 0.05) is 36.2 Å². The first kappa shape index (κ1) is 19.0. The molecule has 0 spiro atoms. The maximum absolute atomic E-state index is 13.2. The lowest BCUT2D eigenvalue weighted by molar-refractivity contribution is 0.0700. The maximum Gasteiger partial charge on any atom is 0.290 e. The van der Waals surface area contributed by atoms with Crippen LogP contribution in [0.4, 0.5) is 0 Å². The highest BCUT2D eigenvalue weighted by atomic mass is 16.5. The monoisotopic (exact) mass is 367 g/mol. The van der Waals surface area contributed by atoms with E-state index in [-0.39, 0.29) is 12.5 Å². The van der Waals surface area contributed by atoms with E-state index >= 15 is 0 Å². The minimum Gasteiger partial charge on any atom is -0.496 e. The molecule has 2 aromatic carbocycles. The Morgan fingerprint density at radius 2 is 1.96 bits per heavy atom. The third kappa shape index (κ3) is 3.98. The zero-order valence-electron chi connectivity index (χ0n) is 16.0. The van der Waals surface area contributed by atoms with Crippen LogP contribution in [0.15, 0.2) is 46.9 Å². The van der Waals surface area contributed by atoms with Gasteiger partial charge in [0.15, 0.2) is 5.76 Å². The van der Waals surface area contributed by atoms with Crippen LogP contribution in [-0.4, -0.2) is 36.2 Å². The van der Waals surface area contributed by atoms with E-state index in [1.54, 1.807) is 12.0 Å². The van der Waals surface area contributed by atoms with Crippen molar-refractivity contribution in [2.45, 2.75) is 26.8 Å². The van der Waals surface area contributed by atoms with Crippen molar-refractivity contribution in [1.29, 1.82) is 0 Å². The SMILES string of the molecule is COc1ccccc1CN(CCCO)C(=O)c1oc2cc(C)ccc2c1C. The molecular weight excluding hydrogens is 342 g/mol. The van der Waals surface area contributed by atoms with Gasteiger partial charge in [-0.05, 0) is 38.0 Å². The fraction of sp³-hybridized carbons (Fsp3) is 0.318. The van der Waals surface area contributed by atoms with Crippen LogP contribution >= 0.6 is 0 Å². The Labute approximate surface area is 159 Å². The Morgan fingerprint density at radius 1 is 1.19 bits per heavy atom. The normalized spacial score (nSPS) is 11.0. The zero-order chi connectivity index (χ0) is 19.4. The lowest BCUT2D eigenvalue weighted by atomic mass is 10.1. The first-order valence-electron chi connectivity index (χ1n) is 9.07. The maximum atomic E-state index is 13.2. The highest BCUT2D eigenvalue weighted by molar-refractivity contribution is 5.99. The summed E-state index contributed by atoms with van der Waals surface area (Å²) in [4.78, 5) is 14.9. The van der Waals surface area contributed by atoms with Crippen LogP contribution in [0, 0.1) is 13.8 Å². The third-order valence-corrected chi connectivity index (χ3v) is 4.72. The van der Waals surface area contributed by atoms with Crippen LogP contribution in [0.1, 0.15) is 33.7 Å². The smallest absolute Gasteiger partial charge is 0.290 e. The number of carbonyl (C=O) groups excluding carboxylic acids is 1. The second-order valence-corrected chi connectivity index (χ2v) is 6.67. The number of aryl methyl sites for hydroxylation is 2. The van der Waals surface area contributed by atoms with Crippen molar-refractivity contribution < 1.29 is 19.1 Å². The standard InChI is InChI=1S/C22H25NO4/c1-15-9-10-18-16(2)21(27-20(18)13-15)22(25)23(11-6-12-24)14-17-7-4-5-8-19(17)26-3/h4-5,7-10,13,24H,6,11-12,14H2,1-3H3. The Hall–Kier alpha value is -2.79. The van der Waals surface area contributed by atoms with Crippen molar-refractivity contribution >= 4 is 16.9 Å². The van der Waals surface area contributed by atoms with Crippen molar-refractivity contribution in [2.24, 2.45) is 0 Å². The van der Waals surface area contributed by atoms with Gasteiger partial charge in [0.1, 0.15) is 11.3 Å². The van der Waals surface area contributed by atoms with Gasteiger partial charge >= 0.3 is 0 Å². The lowest BCUT2D eigenvalue weighted by Crippen LogP contribution is -2.32. The minimum absolute atomic E-state index is 0.0218. The van der Waals surface area contributed by atoms with E-state index in [4.69, 9.17) is 9.15 Å². The first-order chi connectivity index (χ1) is 13.0. The topological polar surface area (TPSA) is 62.9 Å². The van der Waals surface area contributed by atoms with Crippen LogP contribution in [0.2, 0.25) is 0 Å². The van der Waals surface area contributed by atoms with Crippen molar-refractivity contribution in [2.75, 3.05) is 20.3 Å². The summed E-state index contributed by atoms with van der Waals surface area (Å²) in [7, 11) is 1.62. The number of methoxy groups -OCH3 is 1. The molecule has 3 rings (SSSR count). The van der Waals surface area contributed by atoms with Gasteiger partial charge in [-0.3, -0.25) is 4.79 Å². The van der Waals surface area contributed by atoms with Crippen LogP contribution in [0.3, 0.4) is 0 Å². The number of rotatable bonds is 7. The third-order valence-electron chi connectivity index (χ3n) is 4.72. The number of benzene rings is 2. The Morgan fingerprint density at radius 3 is 2.70 bits per heavy atom. The molecule has 0 radical (unpaired) electrons. The molecule has 142 valence electrons. The number of aliphatic hydroxyl groups excluding tert-OH is 1. The summed E-state index contributed by atoms with van der Waals surface area (Å²) in [6.07, 6.45) is 0.499. The molecule has 0 aliphatic carbocycles. The summed E-state index contributed by atoms with van der Waals surface area (Å²) in [5.41, 5.74) is 3.55. The first-order valence-corrected chi connectivity index (χ1v) is 9.07.